The summed E-state index contributed by atoms with van der Waals surface area (Å²) in [4.78, 5) is 9.20. The molecule has 0 radical (unpaired) electrons. The number of hydrogen-bond donors (Lipinski definition) is 2. The molecule has 0 spiro atoms. The van der Waals surface area contributed by atoms with Crippen molar-refractivity contribution in [3.8, 4) is 0 Å². The molecule has 2 heterocycles. The zero-order chi connectivity index (χ0) is 21.8. The summed E-state index contributed by atoms with van der Waals surface area (Å²) in [5.41, 5.74) is 19.2. The Morgan fingerprint density at radius 1 is 0.645 bits per heavy atom. The number of pyridine rings is 2. The predicted molar refractivity (Wildman–Crippen MR) is 124 cm³/mol. The minimum atomic E-state index is -0.397. The fourth-order valence-electron chi connectivity index (χ4n) is 3.79. The van der Waals surface area contributed by atoms with Crippen molar-refractivity contribution in [1.29, 1.82) is 0 Å². The Morgan fingerprint density at radius 3 is 1.45 bits per heavy atom. The summed E-state index contributed by atoms with van der Waals surface area (Å²) in [6, 6.07) is 23.4. The van der Waals surface area contributed by atoms with Gasteiger partial charge >= 0.3 is 0 Å². The van der Waals surface area contributed by atoms with Crippen molar-refractivity contribution in [2.75, 3.05) is 11.5 Å². The number of ether oxygens (including phenoxy) is 1. The van der Waals surface area contributed by atoms with E-state index in [1.165, 1.54) is 0 Å². The molecule has 31 heavy (non-hydrogen) atoms. The third-order valence-electron chi connectivity index (χ3n) is 5.34. The van der Waals surface area contributed by atoms with Gasteiger partial charge in [0.1, 0.15) is 12.2 Å². The van der Waals surface area contributed by atoms with E-state index in [4.69, 9.17) is 16.2 Å². The van der Waals surface area contributed by atoms with E-state index in [1.54, 1.807) is 12.4 Å². The maximum Gasteiger partial charge on any atom is 0.126 e. The highest BCUT2D eigenvalue weighted by Crippen LogP contribution is 2.37. The van der Waals surface area contributed by atoms with Crippen LogP contribution in [0, 0.1) is 13.8 Å². The monoisotopic (exact) mass is 410 g/mol. The normalized spacial score (nSPS) is 13.0. The lowest BCUT2D eigenvalue weighted by molar-refractivity contribution is 0.0255. The highest BCUT2D eigenvalue weighted by molar-refractivity contribution is 5.48. The molecule has 0 saturated carbocycles. The van der Waals surface area contributed by atoms with Crippen molar-refractivity contribution in [3.63, 3.8) is 0 Å². The fraction of sp³-hybridized carbons (Fsp3) is 0.154. The maximum atomic E-state index is 6.83. The van der Waals surface area contributed by atoms with E-state index in [9.17, 15) is 0 Å². The van der Waals surface area contributed by atoms with Crippen molar-refractivity contribution in [2.45, 2.75) is 26.1 Å². The molecule has 5 nitrogen and oxygen atoms in total. The SMILES string of the molecule is Cc1cc(N)ccc1C(OC(c1ccccn1)c1ccc(N)cc1C)c1ccccn1. The summed E-state index contributed by atoms with van der Waals surface area (Å²) < 4.78 is 6.83. The number of anilines is 2. The number of benzene rings is 2. The van der Waals surface area contributed by atoms with Crippen molar-refractivity contribution in [3.05, 3.63) is 119 Å². The molecule has 2 unspecified atom stereocenters. The van der Waals surface area contributed by atoms with Gasteiger partial charge < -0.3 is 16.2 Å². The fourth-order valence-corrected chi connectivity index (χ4v) is 3.79. The van der Waals surface area contributed by atoms with Crippen LogP contribution >= 0.6 is 0 Å². The van der Waals surface area contributed by atoms with Crippen molar-refractivity contribution in [2.24, 2.45) is 0 Å². The lowest BCUT2D eigenvalue weighted by atomic mass is 9.97. The van der Waals surface area contributed by atoms with Gasteiger partial charge in [0.25, 0.3) is 0 Å². The number of nitrogens with two attached hydrogens (primary N) is 2. The van der Waals surface area contributed by atoms with Gasteiger partial charge in [0.05, 0.1) is 11.4 Å². The molecular formula is C26H26N4O. The number of nitrogen functional groups attached to an aromatic ring is 2. The molecule has 2 atom stereocenters. The second kappa shape index (κ2) is 8.98. The smallest absolute Gasteiger partial charge is 0.126 e. The zero-order valence-corrected chi connectivity index (χ0v) is 17.7. The number of aromatic nitrogens is 2. The first kappa shape index (κ1) is 20.6. The Labute approximate surface area is 182 Å². The summed E-state index contributed by atoms with van der Waals surface area (Å²) in [7, 11) is 0. The minimum absolute atomic E-state index is 0.397. The zero-order valence-electron chi connectivity index (χ0n) is 17.7. The Balaban J connectivity index is 1.84. The third-order valence-corrected chi connectivity index (χ3v) is 5.34. The van der Waals surface area contributed by atoms with Crippen LogP contribution in [0.3, 0.4) is 0 Å². The highest BCUT2D eigenvalue weighted by atomic mass is 16.5. The molecule has 4 aromatic rings. The van der Waals surface area contributed by atoms with Crippen LogP contribution in [0.25, 0.3) is 0 Å². The first-order valence-corrected chi connectivity index (χ1v) is 10.2. The van der Waals surface area contributed by atoms with E-state index in [1.807, 2.05) is 86.6 Å². The Hall–Kier alpha value is -3.70. The van der Waals surface area contributed by atoms with Crippen LogP contribution in [-0.4, -0.2) is 9.97 Å². The number of hydrogen-bond acceptors (Lipinski definition) is 5. The number of aryl methyl sites for hydroxylation is 2. The van der Waals surface area contributed by atoms with Gasteiger partial charge in [-0.15, -0.1) is 0 Å². The molecule has 5 heteroatoms. The molecule has 2 aromatic heterocycles. The summed E-state index contributed by atoms with van der Waals surface area (Å²) in [6.45, 7) is 4.07. The van der Waals surface area contributed by atoms with Gasteiger partial charge in [0.15, 0.2) is 0 Å². The Morgan fingerprint density at radius 2 is 1.10 bits per heavy atom. The molecule has 0 fully saturated rings. The molecule has 0 aliphatic carbocycles. The predicted octanol–water partition coefficient (Wildman–Crippen LogP) is 5.15. The van der Waals surface area contributed by atoms with Gasteiger partial charge in [-0.2, -0.15) is 0 Å². The molecular weight excluding hydrogens is 384 g/mol. The standard InChI is InChI=1S/C26H26N4O/c1-17-15-19(27)9-11-21(17)25(23-7-3-5-13-29-23)31-26(24-8-4-6-14-30-24)22-12-10-20(28)16-18(22)2/h3-16,25-26H,27-28H2,1-2H3. The summed E-state index contributed by atoms with van der Waals surface area (Å²) >= 11 is 0. The van der Waals surface area contributed by atoms with Crippen LogP contribution in [0.1, 0.15) is 45.8 Å². The first-order chi connectivity index (χ1) is 15.0. The average molecular weight is 411 g/mol. The maximum absolute atomic E-state index is 6.83. The second-order valence-corrected chi connectivity index (χ2v) is 7.64. The third kappa shape index (κ3) is 4.57. The highest BCUT2D eigenvalue weighted by Gasteiger charge is 2.27. The van der Waals surface area contributed by atoms with E-state index in [0.717, 1.165) is 45.0 Å². The quantitative estimate of drug-likeness (QED) is 0.429. The minimum Gasteiger partial charge on any atom is -0.399 e. The van der Waals surface area contributed by atoms with Crippen molar-refractivity contribution in [1.82, 2.24) is 9.97 Å². The van der Waals surface area contributed by atoms with Gasteiger partial charge in [0, 0.05) is 23.8 Å². The van der Waals surface area contributed by atoms with Gasteiger partial charge in [0.2, 0.25) is 0 Å². The Kier molecular flexibility index (Phi) is 5.96. The number of nitrogens with zero attached hydrogens (tertiary/aromatic N) is 2. The molecule has 4 rings (SSSR count). The lowest BCUT2D eigenvalue weighted by Gasteiger charge is -2.27. The van der Waals surface area contributed by atoms with Gasteiger partial charge in [-0.3, -0.25) is 9.97 Å². The van der Waals surface area contributed by atoms with Gasteiger partial charge in [-0.05, 0) is 84.6 Å². The van der Waals surface area contributed by atoms with Crippen LogP contribution in [0.4, 0.5) is 11.4 Å². The van der Waals surface area contributed by atoms with E-state index in [2.05, 4.69) is 9.97 Å². The molecule has 0 aliphatic rings. The van der Waals surface area contributed by atoms with E-state index in [0.29, 0.717) is 0 Å². The van der Waals surface area contributed by atoms with Crippen molar-refractivity contribution < 1.29 is 4.74 Å². The second-order valence-electron chi connectivity index (χ2n) is 7.64. The number of rotatable bonds is 6. The molecule has 0 bridgehead atoms. The Bertz CT molecular complexity index is 1070. The first-order valence-electron chi connectivity index (χ1n) is 10.2. The molecule has 156 valence electrons. The molecule has 0 aliphatic heterocycles. The van der Waals surface area contributed by atoms with E-state index < -0.39 is 12.2 Å². The summed E-state index contributed by atoms with van der Waals surface area (Å²) in [5, 5.41) is 0. The van der Waals surface area contributed by atoms with E-state index in [-0.39, 0.29) is 0 Å². The largest absolute Gasteiger partial charge is 0.399 e. The van der Waals surface area contributed by atoms with Crippen LogP contribution in [0.15, 0.2) is 85.2 Å². The van der Waals surface area contributed by atoms with E-state index >= 15 is 0 Å². The average Bonchev–Trinajstić information content (AvgIpc) is 2.77. The molecule has 0 saturated heterocycles. The molecule has 2 aromatic carbocycles. The summed E-state index contributed by atoms with van der Waals surface area (Å²) in [5.74, 6) is 0. The van der Waals surface area contributed by atoms with Crippen LogP contribution in [0.5, 0.6) is 0 Å². The molecule has 4 N–H and O–H groups in total. The van der Waals surface area contributed by atoms with Gasteiger partial charge in [-0.25, -0.2) is 0 Å². The lowest BCUT2D eigenvalue weighted by Crippen LogP contribution is -2.17. The summed E-state index contributed by atoms with van der Waals surface area (Å²) in [6.07, 6.45) is 2.77. The van der Waals surface area contributed by atoms with Crippen LogP contribution < -0.4 is 11.5 Å². The topological polar surface area (TPSA) is 87.0 Å². The molecule has 0 amide bonds. The van der Waals surface area contributed by atoms with Crippen LogP contribution in [-0.2, 0) is 4.74 Å². The van der Waals surface area contributed by atoms with Crippen LogP contribution in [0.2, 0.25) is 0 Å². The van der Waals surface area contributed by atoms with Crippen molar-refractivity contribution >= 4 is 11.4 Å². The van der Waals surface area contributed by atoms with Gasteiger partial charge in [-0.1, -0.05) is 24.3 Å².